The summed E-state index contributed by atoms with van der Waals surface area (Å²) in [6.45, 7) is 17.6. The van der Waals surface area contributed by atoms with Crippen LogP contribution in [0.2, 0.25) is 0 Å². The summed E-state index contributed by atoms with van der Waals surface area (Å²) in [6, 6.07) is 15.3. The van der Waals surface area contributed by atoms with E-state index in [2.05, 4.69) is 73.7 Å². The fraction of sp³-hybridized carbons (Fsp3) is 0.366. The van der Waals surface area contributed by atoms with E-state index in [1.165, 1.54) is 22.3 Å². The number of rotatable bonds is 17. The van der Waals surface area contributed by atoms with Crippen LogP contribution in [0.25, 0.3) is 11.6 Å². The number of nitrogens with two attached hydrogens (primary N) is 1. The van der Waals surface area contributed by atoms with E-state index in [0.717, 1.165) is 35.1 Å². The van der Waals surface area contributed by atoms with Gasteiger partial charge in [-0.25, -0.2) is 4.99 Å². The average molecular weight is 664 g/mol. The van der Waals surface area contributed by atoms with Crippen LogP contribution >= 0.6 is 0 Å². The molecule has 0 saturated heterocycles. The molecule has 1 aliphatic rings. The van der Waals surface area contributed by atoms with Crippen LogP contribution in [0.3, 0.4) is 0 Å². The lowest BCUT2D eigenvalue weighted by atomic mass is 9.77. The van der Waals surface area contributed by atoms with Crippen molar-refractivity contribution in [2.24, 2.45) is 16.6 Å². The highest BCUT2D eigenvalue weighted by Crippen LogP contribution is 2.44. The number of carbonyl (C=O) groups excluding carboxylic acids is 1. The summed E-state index contributed by atoms with van der Waals surface area (Å²) in [5, 5.41) is 20.4. The summed E-state index contributed by atoms with van der Waals surface area (Å²) in [7, 11) is -1.64. The summed E-state index contributed by atoms with van der Waals surface area (Å²) in [6.07, 6.45) is 13.5. The van der Waals surface area contributed by atoms with Crippen molar-refractivity contribution in [3.63, 3.8) is 0 Å². The van der Waals surface area contributed by atoms with Gasteiger partial charge in [0.15, 0.2) is 6.10 Å². The van der Waals surface area contributed by atoms with Crippen molar-refractivity contribution in [2.75, 3.05) is 26.2 Å². The van der Waals surface area contributed by atoms with Crippen molar-refractivity contribution in [3.05, 3.63) is 124 Å². The monoisotopic (exact) mass is 663 g/mol. The van der Waals surface area contributed by atoms with E-state index in [4.69, 9.17) is 10.5 Å². The Kier molecular flexibility index (Phi) is 16.1. The Balaban J connectivity index is 2.08. The normalized spacial score (nSPS) is 18.0. The molecule has 49 heavy (non-hydrogen) atoms. The van der Waals surface area contributed by atoms with Crippen molar-refractivity contribution in [2.45, 2.75) is 67.0 Å². The Hall–Kier alpha value is -3.92. The molecule has 1 amide bonds. The molecule has 0 heterocycles. The Labute approximate surface area is 294 Å². The Bertz CT molecular complexity index is 1630. The molecule has 8 heteroatoms. The highest BCUT2D eigenvalue weighted by atomic mass is 16.5. The average Bonchev–Trinajstić information content (AvgIpc) is 3.39. The molecule has 2 unspecified atom stereocenters. The largest absolute Gasteiger partial charge is 0.488 e. The lowest BCUT2D eigenvalue weighted by Gasteiger charge is -2.29. The summed E-state index contributed by atoms with van der Waals surface area (Å²) in [4.78, 5) is 20.4. The SMILES string of the molecule is C=Cc1ccccc1/C(=C\C)CN(Cc1ccccc1B(O)O)CC(OCC1C(/C=C\C)=C(CCC)C(=C/C)/C1=C\C)C(=O)N=C(C)CN. The standard InChI is InChI=1S/C41H54BN3O4/c1-8-18-36-33(12-5)34(13-6)38(37(36)19-9-2)28-49-40(41(46)44-29(7)24-43)27-45(26-32-21-15-17-23-39(32)42(47)48)25-31(11-4)35-22-16-14-20-30(35)10-3/h9-17,19-23,38,40,47-48H,3,8,18,24-28,43H2,1-2,4-7H3/b19-9-,31-11-,33-12+,34-13+,44-29?. The van der Waals surface area contributed by atoms with Crippen LogP contribution in [-0.2, 0) is 16.1 Å². The highest BCUT2D eigenvalue weighted by Gasteiger charge is 2.34. The predicted molar refractivity (Wildman–Crippen MR) is 206 cm³/mol. The lowest BCUT2D eigenvalue weighted by molar-refractivity contribution is -0.131. The molecule has 1 aliphatic carbocycles. The predicted octanol–water partition coefficient (Wildman–Crippen LogP) is 6.44. The zero-order valence-corrected chi connectivity index (χ0v) is 30.2. The zero-order valence-electron chi connectivity index (χ0n) is 30.2. The molecule has 0 fully saturated rings. The van der Waals surface area contributed by atoms with E-state index in [1.54, 1.807) is 19.1 Å². The topological polar surface area (TPSA) is 108 Å². The molecular formula is C41H54BN3O4. The first-order valence-corrected chi connectivity index (χ1v) is 17.3. The first-order valence-electron chi connectivity index (χ1n) is 17.3. The van der Waals surface area contributed by atoms with E-state index in [9.17, 15) is 14.8 Å². The Morgan fingerprint density at radius 2 is 1.82 bits per heavy atom. The molecular weight excluding hydrogens is 609 g/mol. The van der Waals surface area contributed by atoms with Crippen LogP contribution < -0.4 is 11.2 Å². The minimum absolute atomic E-state index is 0.0342. The number of nitrogens with zero attached hydrogens (tertiary/aromatic N) is 2. The molecule has 0 radical (unpaired) electrons. The number of ether oxygens (including phenoxy) is 1. The number of carbonyl (C=O) groups is 1. The third-order valence-corrected chi connectivity index (χ3v) is 8.94. The van der Waals surface area contributed by atoms with E-state index in [1.807, 2.05) is 50.3 Å². The number of hydrogen-bond donors (Lipinski definition) is 3. The van der Waals surface area contributed by atoms with Gasteiger partial charge in [-0.1, -0.05) is 105 Å². The molecule has 2 aromatic carbocycles. The van der Waals surface area contributed by atoms with Crippen LogP contribution in [-0.4, -0.2) is 66.0 Å². The molecule has 7 nitrogen and oxygen atoms in total. The minimum Gasteiger partial charge on any atom is -0.423 e. The van der Waals surface area contributed by atoms with E-state index < -0.39 is 19.1 Å². The van der Waals surface area contributed by atoms with Crippen molar-refractivity contribution in [3.8, 4) is 0 Å². The third kappa shape index (κ3) is 10.3. The van der Waals surface area contributed by atoms with Crippen molar-refractivity contribution >= 4 is 35.8 Å². The minimum atomic E-state index is -1.64. The van der Waals surface area contributed by atoms with Crippen LogP contribution in [0, 0.1) is 5.92 Å². The van der Waals surface area contributed by atoms with Gasteiger partial charge in [0.1, 0.15) is 0 Å². The van der Waals surface area contributed by atoms with Gasteiger partial charge in [0.05, 0.1) is 6.61 Å². The van der Waals surface area contributed by atoms with Crippen molar-refractivity contribution < 1.29 is 19.6 Å². The van der Waals surface area contributed by atoms with Gasteiger partial charge in [0, 0.05) is 37.8 Å². The molecule has 4 N–H and O–H groups in total. The summed E-state index contributed by atoms with van der Waals surface area (Å²) >= 11 is 0. The number of amides is 1. The summed E-state index contributed by atoms with van der Waals surface area (Å²) in [5.41, 5.74) is 15.6. The van der Waals surface area contributed by atoms with Gasteiger partial charge in [0.2, 0.25) is 0 Å². The maximum Gasteiger partial charge on any atom is 0.488 e. The van der Waals surface area contributed by atoms with Gasteiger partial charge in [-0.2, -0.15) is 0 Å². The second-order valence-corrected chi connectivity index (χ2v) is 12.2. The molecule has 260 valence electrons. The van der Waals surface area contributed by atoms with Gasteiger partial charge in [-0.15, -0.1) is 0 Å². The summed E-state index contributed by atoms with van der Waals surface area (Å²) < 4.78 is 6.66. The number of allylic oxidation sites excluding steroid dienone is 7. The zero-order chi connectivity index (χ0) is 35.9. The molecule has 3 rings (SSSR count). The first-order chi connectivity index (χ1) is 23.7. The van der Waals surface area contributed by atoms with Crippen LogP contribution in [0.1, 0.15) is 71.1 Å². The molecule has 2 aromatic rings. The number of hydrogen-bond acceptors (Lipinski definition) is 6. The molecule has 2 atom stereocenters. The van der Waals surface area contributed by atoms with Crippen LogP contribution in [0.4, 0.5) is 0 Å². The fourth-order valence-corrected chi connectivity index (χ4v) is 6.55. The fourth-order valence-electron chi connectivity index (χ4n) is 6.55. The van der Waals surface area contributed by atoms with Gasteiger partial charge in [-0.05, 0) is 91.1 Å². The third-order valence-electron chi connectivity index (χ3n) is 8.94. The van der Waals surface area contributed by atoms with E-state index >= 15 is 0 Å². The van der Waals surface area contributed by atoms with Crippen molar-refractivity contribution in [1.82, 2.24) is 4.90 Å². The number of benzene rings is 2. The molecule has 0 saturated carbocycles. The molecule has 0 aromatic heterocycles. The van der Waals surface area contributed by atoms with Crippen molar-refractivity contribution in [1.29, 1.82) is 0 Å². The second kappa shape index (κ2) is 19.9. The van der Waals surface area contributed by atoms with Gasteiger partial charge < -0.3 is 20.5 Å². The van der Waals surface area contributed by atoms with E-state index in [0.29, 0.717) is 30.9 Å². The van der Waals surface area contributed by atoms with Gasteiger partial charge in [0.25, 0.3) is 5.91 Å². The molecule has 0 aliphatic heterocycles. The van der Waals surface area contributed by atoms with Gasteiger partial charge in [-0.3, -0.25) is 9.69 Å². The smallest absolute Gasteiger partial charge is 0.423 e. The second-order valence-electron chi connectivity index (χ2n) is 12.2. The van der Waals surface area contributed by atoms with E-state index in [-0.39, 0.29) is 19.0 Å². The first kappa shape index (κ1) is 39.5. The maximum absolute atomic E-state index is 13.9. The lowest BCUT2D eigenvalue weighted by Crippen LogP contribution is -2.42. The number of aliphatic imine (C=N–C) groups is 1. The van der Waals surface area contributed by atoms with Crippen LogP contribution in [0.15, 0.2) is 113 Å². The molecule has 0 bridgehead atoms. The van der Waals surface area contributed by atoms with Crippen LogP contribution in [0.5, 0.6) is 0 Å². The molecule has 0 spiro atoms. The Morgan fingerprint density at radius 1 is 1.10 bits per heavy atom. The summed E-state index contributed by atoms with van der Waals surface area (Å²) in [5.74, 6) is -0.429. The Morgan fingerprint density at radius 3 is 2.43 bits per heavy atom. The quantitative estimate of drug-likeness (QED) is 0.133. The van der Waals surface area contributed by atoms with Gasteiger partial charge >= 0.3 is 7.12 Å². The highest BCUT2D eigenvalue weighted by molar-refractivity contribution is 6.59. The maximum atomic E-state index is 13.9.